The van der Waals surface area contributed by atoms with Crippen LogP contribution in [0.2, 0.25) is 0 Å². The Hall–Kier alpha value is -1.34. The van der Waals surface area contributed by atoms with E-state index in [0.717, 1.165) is 15.3 Å². The lowest BCUT2D eigenvalue weighted by molar-refractivity contribution is -0.125. The third-order valence-electron chi connectivity index (χ3n) is 3.54. The summed E-state index contributed by atoms with van der Waals surface area (Å²) in [6.45, 7) is 7.89. The quantitative estimate of drug-likeness (QED) is 0.635. The van der Waals surface area contributed by atoms with Crippen LogP contribution in [0, 0.1) is 13.8 Å². The van der Waals surface area contributed by atoms with Gasteiger partial charge in [-0.05, 0) is 33.3 Å². The van der Waals surface area contributed by atoms with Crippen LogP contribution in [-0.2, 0) is 4.79 Å². The molecule has 0 saturated heterocycles. The van der Waals surface area contributed by atoms with Crippen molar-refractivity contribution < 1.29 is 4.79 Å². The molecule has 0 fully saturated rings. The van der Waals surface area contributed by atoms with Gasteiger partial charge >= 0.3 is 0 Å². The molecule has 2 aromatic heterocycles. The van der Waals surface area contributed by atoms with Crippen LogP contribution in [0.4, 0.5) is 0 Å². The topological polar surface area (TPSA) is 55.2 Å². The number of fused-ring (bicyclic) bond motifs is 1. The second kappa shape index (κ2) is 6.42. The van der Waals surface area contributed by atoms with Crippen LogP contribution in [0.5, 0.6) is 0 Å². The zero-order valence-electron chi connectivity index (χ0n) is 13.8. The normalized spacial score (nSPS) is 11.4. The molecule has 0 radical (unpaired) electrons. The molecule has 2 rings (SSSR count). The van der Waals surface area contributed by atoms with E-state index in [1.807, 2.05) is 27.7 Å². The van der Waals surface area contributed by atoms with E-state index in [9.17, 15) is 9.59 Å². The Morgan fingerprint density at radius 1 is 1.36 bits per heavy atom. The number of nitrogens with zero attached hydrogens (tertiary/aromatic N) is 3. The number of hydrogen-bond acceptors (Lipinski definition) is 5. The van der Waals surface area contributed by atoms with Gasteiger partial charge in [0, 0.05) is 25.0 Å². The summed E-state index contributed by atoms with van der Waals surface area (Å²) in [7, 11) is 3.45. The fraction of sp³-hybridized carbons (Fsp3) is 0.533. The highest BCUT2D eigenvalue weighted by atomic mass is 32.2. The standard InChI is InChI=1S/C15H21N3O2S2/c1-8(2)18-14(20)12-9(3)10(4)22-13(12)16-15(18)21-7-11(19)17(5)6/h8H,7H2,1-6H3. The molecule has 0 aliphatic carbocycles. The first-order chi connectivity index (χ1) is 10.2. The van der Waals surface area contributed by atoms with Crippen LogP contribution in [-0.4, -0.2) is 40.2 Å². The van der Waals surface area contributed by atoms with Gasteiger partial charge in [0.15, 0.2) is 5.16 Å². The smallest absolute Gasteiger partial charge is 0.263 e. The fourth-order valence-corrected chi connectivity index (χ4v) is 4.28. The first kappa shape index (κ1) is 17.0. The summed E-state index contributed by atoms with van der Waals surface area (Å²) < 4.78 is 1.69. The number of thioether (sulfide) groups is 1. The maximum Gasteiger partial charge on any atom is 0.263 e. The maximum absolute atomic E-state index is 12.8. The van der Waals surface area contributed by atoms with Crippen molar-refractivity contribution in [1.82, 2.24) is 14.5 Å². The van der Waals surface area contributed by atoms with Crippen LogP contribution in [0.15, 0.2) is 9.95 Å². The molecule has 0 aliphatic rings. The lowest BCUT2D eigenvalue weighted by atomic mass is 10.2. The van der Waals surface area contributed by atoms with E-state index < -0.39 is 0 Å². The SMILES string of the molecule is Cc1sc2nc(SCC(=O)N(C)C)n(C(C)C)c(=O)c2c1C. The second-order valence-corrected chi connectivity index (χ2v) is 7.85. The number of hydrogen-bond donors (Lipinski definition) is 0. The van der Waals surface area contributed by atoms with Crippen molar-refractivity contribution >= 4 is 39.2 Å². The van der Waals surface area contributed by atoms with Crippen molar-refractivity contribution in [2.45, 2.75) is 38.9 Å². The minimum Gasteiger partial charge on any atom is -0.348 e. The molecule has 0 bridgehead atoms. The van der Waals surface area contributed by atoms with Crippen LogP contribution in [0.3, 0.4) is 0 Å². The first-order valence-corrected chi connectivity index (χ1v) is 8.89. The molecular formula is C15H21N3O2S2. The zero-order valence-corrected chi connectivity index (χ0v) is 15.4. The summed E-state index contributed by atoms with van der Waals surface area (Å²) in [5, 5.41) is 1.32. The molecule has 5 nitrogen and oxygen atoms in total. The lowest BCUT2D eigenvalue weighted by Gasteiger charge is -2.16. The predicted molar refractivity (Wildman–Crippen MR) is 93.2 cm³/mol. The molecule has 0 spiro atoms. The Morgan fingerprint density at radius 2 is 2.00 bits per heavy atom. The van der Waals surface area contributed by atoms with E-state index in [0.29, 0.717) is 10.5 Å². The van der Waals surface area contributed by atoms with Crippen molar-refractivity contribution in [3.05, 3.63) is 20.8 Å². The monoisotopic (exact) mass is 339 g/mol. The Kier molecular flexibility index (Phi) is 4.97. The van der Waals surface area contributed by atoms with Crippen LogP contribution in [0.25, 0.3) is 10.2 Å². The molecule has 0 atom stereocenters. The summed E-state index contributed by atoms with van der Waals surface area (Å²) in [4.78, 5) is 32.7. The molecule has 22 heavy (non-hydrogen) atoms. The molecule has 0 aromatic carbocycles. The number of rotatable bonds is 4. The number of carbonyl (C=O) groups is 1. The van der Waals surface area contributed by atoms with Gasteiger partial charge in [-0.25, -0.2) is 4.98 Å². The Bertz CT molecular complexity index is 775. The Morgan fingerprint density at radius 3 is 2.55 bits per heavy atom. The molecule has 0 aliphatic heterocycles. The summed E-state index contributed by atoms with van der Waals surface area (Å²) in [5.74, 6) is 0.286. The Balaban J connectivity index is 2.55. The summed E-state index contributed by atoms with van der Waals surface area (Å²) in [6.07, 6.45) is 0. The summed E-state index contributed by atoms with van der Waals surface area (Å²) >= 11 is 2.86. The molecule has 7 heteroatoms. The minimum absolute atomic E-state index is 0.000893. The van der Waals surface area contributed by atoms with E-state index in [1.165, 1.54) is 23.1 Å². The van der Waals surface area contributed by atoms with E-state index >= 15 is 0 Å². The average Bonchev–Trinajstić information content (AvgIpc) is 2.70. The summed E-state index contributed by atoms with van der Waals surface area (Å²) in [6, 6.07) is 0.000893. The number of thiophene rings is 1. The largest absolute Gasteiger partial charge is 0.348 e. The molecule has 2 heterocycles. The third-order valence-corrected chi connectivity index (χ3v) is 5.58. The van der Waals surface area contributed by atoms with Crippen LogP contribution in [0.1, 0.15) is 30.3 Å². The van der Waals surface area contributed by atoms with Gasteiger partial charge < -0.3 is 4.90 Å². The molecular weight excluding hydrogens is 318 g/mol. The van der Waals surface area contributed by atoms with E-state index in [2.05, 4.69) is 4.98 Å². The fourth-order valence-electron chi connectivity index (χ4n) is 2.10. The third kappa shape index (κ3) is 3.05. The van der Waals surface area contributed by atoms with E-state index in [-0.39, 0.29) is 23.3 Å². The van der Waals surface area contributed by atoms with Gasteiger partial charge in [-0.15, -0.1) is 11.3 Å². The van der Waals surface area contributed by atoms with E-state index in [4.69, 9.17) is 0 Å². The molecule has 0 N–H and O–H groups in total. The number of carbonyl (C=O) groups excluding carboxylic acids is 1. The van der Waals surface area contributed by atoms with Gasteiger partial charge in [-0.2, -0.15) is 0 Å². The first-order valence-electron chi connectivity index (χ1n) is 7.09. The highest BCUT2D eigenvalue weighted by Crippen LogP contribution is 2.29. The van der Waals surface area contributed by atoms with Gasteiger partial charge in [-0.1, -0.05) is 11.8 Å². The number of aromatic nitrogens is 2. The summed E-state index contributed by atoms with van der Waals surface area (Å²) in [5.41, 5.74) is 0.995. The van der Waals surface area contributed by atoms with Gasteiger partial charge in [0.05, 0.1) is 11.1 Å². The molecule has 0 unspecified atom stereocenters. The molecule has 120 valence electrons. The van der Waals surface area contributed by atoms with Crippen molar-refractivity contribution in [3.63, 3.8) is 0 Å². The van der Waals surface area contributed by atoms with Crippen LogP contribution < -0.4 is 5.56 Å². The number of aryl methyl sites for hydroxylation is 2. The molecule has 1 amide bonds. The van der Waals surface area contributed by atoms with Gasteiger partial charge in [0.25, 0.3) is 5.56 Å². The van der Waals surface area contributed by atoms with Gasteiger partial charge in [0.1, 0.15) is 4.83 Å². The molecule has 0 saturated carbocycles. The predicted octanol–water partition coefficient (Wildman–Crippen LogP) is 2.84. The maximum atomic E-state index is 12.8. The highest BCUT2D eigenvalue weighted by molar-refractivity contribution is 7.99. The number of amides is 1. The van der Waals surface area contributed by atoms with Crippen LogP contribution >= 0.6 is 23.1 Å². The van der Waals surface area contributed by atoms with E-state index in [1.54, 1.807) is 23.6 Å². The van der Waals surface area contributed by atoms with Crippen molar-refractivity contribution in [3.8, 4) is 0 Å². The van der Waals surface area contributed by atoms with Crippen molar-refractivity contribution in [2.75, 3.05) is 19.8 Å². The highest BCUT2D eigenvalue weighted by Gasteiger charge is 2.19. The van der Waals surface area contributed by atoms with Crippen molar-refractivity contribution in [2.24, 2.45) is 0 Å². The van der Waals surface area contributed by atoms with Gasteiger partial charge in [-0.3, -0.25) is 14.2 Å². The zero-order chi connectivity index (χ0) is 16.6. The average molecular weight is 339 g/mol. The second-order valence-electron chi connectivity index (χ2n) is 5.70. The molecule has 2 aromatic rings. The van der Waals surface area contributed by atoms with Crippen molar-refractivity contribution in [1.29, 1.82) is 0 Å². The lowest BCUT2D eigenvalue weighted by Crippen LogP contribution is -2.27. The Labute approximate surface area is 138 Å². The van der Waals surface area contributed by atoms with Gasteiger partial charge in [0.2, 0.25) is 5.91 Å². The minimum atomic E-state index is -0.0124.